The average molecular weight is 426 g/mol. The number of thiophene rings is 1. The Morgan fingerprint density at radius 2 is 1.57 bits per heavy atom. The van der Waals surface area contributed by atoms with Crippen molar-refractivity contribution in [2.75, 3.05) is 26.6 Å². The summed E-state index contributed by atoms with van der Waals surface area (Å²) in [5.41, 5.74) is 3.34. The number of benzene rings is 2. The summed E-state index contributed by atoms with van der Waals surface area (Å²) in [5, 5.41) is 5.06. The number of nitrogens with one attached hydrogen (secondary N) is 1. The van der Waals surface area contributed by atoms with Crippen LogP contribution in [0.25, 0.3) is 11.1 Å². The average Bonchev–Trinajstić information content (AvgIpc) is 3.21. The molecule has 0 fully saturated rings. The Morgan fingerprint density at radius 3 is 2.10 bits per heavy atom. The van der Waals surface area contributed by atoms with Crippen molar-refractivity contribution in [3.8, 4) is 22.6 Å². The van der Waals surface area contributed by atoms with Gasteiger partial charge >= 0.3 is 5.97 Å². The van der Waals surface area contributed by atoms with Gasteiger partial charge in [-0.25, -0.2) is 4.79 Å². The number of methoxy groups -OCH3 is 3. The van der Waals surface area contributed by atoms with Gasteiger partial charge in [0.25, 0.3) is 5.91 Å². The molecule has 30 heavy (non-hydrogen) atoms. The second kappa shape index (κ2) is 9.45. The smallest absolute Gasteiger partial charge is 0.341 e. The molecule has 0 spiro atoms. The first-order chi connectivity index (χ1) is 14.5. The van der Waals surface area contributed by atoms with Gasteiger partial charge in [-0.3, -0.25) is 4.79 Å². The fourth-order valence-corrected chi connectivity index (χ4v) is 4.08. The molecule has 1 N–H and O–H groups in total. The molecule has 0 unspecified atom stereocenters. The van der Waals surface area contributed by atoms with Crippen LogP contribution in [-0.4, -0.2) is 33.2 Å². The third-order valence-corrected chi connectivity index (χ3v) is 5.63. The van der Waals surface area contributed by atoms with E-state index in [1.54, 1.807) is 18.2 Å². The summed E-state index contributed by atoms with van der Waals surface area (Å²) in [6, 6.07) is 13.0. The predicted molar refractivity (Wildman–Crippen MR) is 118 cm³/mol. The maximum atomic E-state index is 13.0. The number of amides is 1. The van der Waals surface area contributed by atoms with E-state index < -0.39 is 11.9 Å². The SMILES string of the molecule is CCc1ccc(-c2csc(NC(=O)c3c(OC)cccc3OC)c2C(=O)OC)cc1. The predicted octanol–water partition coefficient (Wildman–Crippen LogP) is 5.03. The Bertz CT molecular complexity index is 1030. The molecule has 0 saturated heterocycles. The molecule has 6 nitrogen and oxygen atoms in total. The zero-order chi connectivity index (χ0) is 21.7. The van der Waals surface area contributed by atoms with Crippen LogP contribution in [0.1, 0.15) is 33.2 Å². The van der Waals surface area contributed by atoms with Crippen LogP contribution in [0.3, 0.4) is 0 Å². The Morgan fingerprint density at radius 1 is 0.933 bits per heavy atom. The normalized spacial score (nSPS) is 10.4. The molecule has 0 aliphatic rings. The minimum absolute atomic E-state index is 0.251. The number of hydrogen-bond donors (Lipinski definition) is 1. The van der Waals surface area contributed by atoms with Crippen LogP contribution in [0.2, 0.25) is 0 Å². The van der Waals surface area contributed by atoms with Crippen LogP contribution in [-0.2, 0) is 11.2 Å². The van der Waals surface area contributed by atoms with Crippen molar-refractivity contribution >= 4 is 28.2 Å². The maximum Gasteiger partial charge on any atom is 0.341 e. The van der Waals surface area contributed by atoms with E-state index in [-0.39, 0.29) is 5.56 Å². The van der Waals surface area contributed by atoms with E-state index in [1.807, 2.05) is 29.6 Å². The van der Waals surface area contributed by atoms with Gasteiger partial charge in [0.15, 0.2) is 0 Å². The van der Waals surface area contributed by atoms with Crippen LogP contribution >= 0.6 is 11.3 Å². The van der Waals surface area contributed by atoms with E-state index in [0.717, 1.165) is 12.0 Å². The van der Waals surface area contributed by atoms with E-state index >= 15 is 0 Å². The highest BCUT2D eigenvalue weighted by Gasteiger charge is 2.25. The van der Waals surface area contributed by atoms with Crippen LogP contribution in [0, 0.1) is 0 Å². The van der Waals surface area contributed by atoms with Crippen molar-refractivity contribution < 1.29 is 23.8 Å². The number of hydrogen-bond acceptors (Lipinski definition) is 6. The molecule has 0 aliphatic heterocycles. The standard InChI is InChI=1S/C23H23NO5S/c1-5-14-9-11-15(12-10-14)16-13-30-22(19(16)23(26)29-4)24-21(25)20-17(27-2)7-6-8-18(20)28-3/h6-13H,5H2,1-4H3,(H,24,25). The molecule has 0 bridgehead atoms. The number of carbonyl (C=O) groups is 2. The van der Waals surface area contributed by atoms with Crippen molar-refractivity contribution in [2.45, 2.75) is 13.3 Å². The Labute approximate surface area is 179 Å². The van der Waals surface area contributed by atoms with E-state index in [2.05, 4.69) is 12.2 Å². The zero-order valence-electron chi connectivity index (χ0n) is 17.3. The summed E-state index contributed by atoms with van der Waals surface area (Å²) >= 11 is 1.26. The molecule has 0 atom stereocenters. The molecule has 1 aromatic heterocycles. The largest absolute Gasteiger partial charge is 0.496 e. The highest BCUT2D eigenvalue weighted by atomic mass is 32.1. The molecule has 1 heterocycles. The number of aryl methyl sites for hydroxylation is 1. The van der Waals surface area contributed by atoms with Gasteiger partial charge in [0.1, 0.15) is 27.6 Å². The Hall–Kier alpha value is -3.32. The van der Waals surface area contributed by atoms with Crippen molar-refractivity contribution in [2.24, 2.45) is 0 Å². The monoisotopic (exact) mass is 425 g/mol. The maximum absolute atomic E-state index is 13.0. The lowest BCUT2D eigenvalue weighted by Crippen LogP contribution is -2.16. The third-order valence-electron chi connectivity index (χ3n) is 4.74. The fraction of sp³-hybridized carbons (Fsp3) is 0.217. The molecule has 0 radical (unpaired) electrons. The van der Waals surface area contributed by atoms with Crippen LogP contribution < -0.4 is 14.8 Å². The number of ether oxygens (including phenoxy) is 3. The van der Waals surface area contributed by atoms with Gasteiger partial charge in [0.2, 0.25) is 0 Å². The first-order valence-electron chi connectivity index (χ1n) is 9.35. The quantitative estimate of drug-likeness (QED) is 0.537. The molecule has 2 aromatic carbocycles. The highest BCUT2D eigenvalue weighted by Crippen LogP contribution is 2.37. The molecule has 156 valence electrons. The van der Waals surface area contributed by atoms with Gasteiger partial charge in [-0.05, 0) is 29.7 Å². The van der Waals surface area contributed by atoms with Gasteiger partial charge < -0.3 is 19.5 Å². The topological polar surface area (TPSA) is 73.9 Å². The summed E-state index contributed by atoms with van der Waals surface area (Å²) in [4.78, 5) is 25.6. The second-order valence-corrected chi connectivity index (χ2v) is 7.27. The van der Waals surface area contributed by atoms with E-state index in [4.69, 9.17) is 14.2 Å². The van der Waals surface area contributed by atoms with E-state index in [9.17, 15) is 9.59 Å². The molecule has 0 saturated carbocycles. The van der Waals surface area contributed by atoms with E-state index in [1.165, 1.54) is 38.2 Å². The number of esters is 1. The number of carbonyl (C=O) groups excluding carboxylic acids is 2. The number of anilines is 1. The molecule has 7 heteroatoms. The van der Waals surface area contributed by atoms with Crippen molar-refractivity contribution in [3.63, 3.8) is 0 Å². The van der Waals surface area contributed by atoms with Gasteiger partial charge in [-0.15, -0.1) is 11.3 Å². The van der Waals surface area contributed by atoms with Crippen molar-refractivity contribution in [1.29, 1.82) is 0 Å². The summed E-state index contributed by atoms with van der Waals surface area (Å²) in [6.07, 6.45) is 0.926. The molecule has 1 amide bonds. The van der Waals surface area contributed by atoms with Crippen molar-refractivity contribution in [1.82, 2.24) is 0 Å². The summed E-state index contributed by atoms with van der Waals surface area (Å²) in [5.74, 6) is -0.214. The van der Waals surface area contributed by atoms with Gasteiger partial charge in [0.05, 0.1) is 21.3 Å². The lowest BCUT2D eigenvalue weighted by Gasteiger charge is -2.13. The van der Waals surface area contributed by atoms with Gasteiger partial charge in [-0.2, -0.15) is 0 Å². The zero-order valence-corrected chi connectivity index (χ0v) is 18.1. The molecule has 3 aromatic rings. The van der Waals surface area contributed by atoms with Crippen molar-refractivity contribution in [3.05, 3.63) is 64.5 Å². The van der Waals surface area contributed by atoms with Gasteiger partial charge in [0, 0.05) is 10.9 Å². The number of rotatable bonds is 7. The molecule has 0 aliphatic carbocycles. The molecular formula is C23H23NO5S. The first-order valence-corrected chi connectivity index (χ1v) is 10.2. The Kier molecular flexibility index (Phi) is 6.74. The van der Waals surface area contributed by atoms with Crippen LogP contribution in [0.4, 0.5) is 5.00 Å². The summed E-state index contributed by atoms with van der Waals surface area (Å²) in [6.45, 7) is 2.08. The minimum atomic E-state index is -0.520. The third kappa shape index (κ3) is 4.16. The minimum Gasteiger partial charge on any atom is -0.496 e. The van der Waals surface area contributed by atoms with E-state index in [0.29, 0.717) is 27.6 Å². The molecule has 3 rings (SSSR count). The lowest BCUT2D eigenvalue weighted by atomic mass is 10.0. The summed E-state index contributed by atoms with van der Waals surface area (Å²) < 4.78 is 15.6. The second-order valence-electron chi connectivity index (χ2n) is 6.39. The van der Waals surface area contributed by atoms with Crippen LogP contribution in [0.5, 0.6) is 11.5 Å². The highest BCUT2D eigenvalue weighted by molar-refractivity contribution is 7.15. The first kappa shape index (κ1) is 21.4. The lowest BCUT2D eigenvalue weighted by molar-refractivity contribution is 0.0603. The van der Waals surface area contributed by atoms with Gasteiger partial charge in [-0.1, -0.05) is 37.3 Å². The molecular weight excluding hydrogens is 402 g/mol. The fourth-order valence-electron chi connectivity index (χ4n) is 3.13. The Balaban J connectivity index is 2.02. The van der Waals surface area contributed by atoms with Crippen LogP contribution in [0.15, 0.2) is 47.8 Å². The summed E-state index contributed by atoms with van der Waals surface area (Å²) in [7, 11) is 4.28.